The van der Waals surface area contributed by atoms with Crippen LogP contribution in [0.4, 0.5) is 4.79 Å². The molecule has 0 saturated heterocycles. The highest BCUT2D eigenvalue weighted by atomic mass is 16.6. The Morgan fingerprint density at radius 3 is 2.52 bits per heavy atom. The van der Waals surface area contributed by atoms with Crippen molar-refractivity contribution in [3.63, 3.8) is 0 Å². The van der Waals surface area contributed by atoms with Crippen molar-refractivity contribution >= 4 is 12.1 Å². The van der Waals surface area contributed by atoms with Crippen molar-refractivity contribution < 1.29 is 28.9 Å². The Labute approximate surface area is 239 Å². The summed E-state index contributed by atoms with van der Waals surface area (Å²) in [6, 6.07) is 9.60. The van der Waals surface area contributed by atoms with Crippen molar-refractivity contribution in [2.75, 3.05) is 7.11 Å². The summed E-state index contributed by atoms with van der Waals surface area (Å²) in [7, 11) is 1.53. The topological polar surface area (TPSA) is 94.1 Å². The van der Waals surface area contributed by atoms with E-state index in [9.17, 15) is 14.7 Å². The summed E-state index contributed by atoms with van der Waals surface area (Å²) in [5, 5.41) is 14.3. The minimum absolute atomic E-state index is 0.00385. The van der Waals surface area contributed by atoms with Gasteiger partial charge in [-0.2, -0.15) is 0 Å². The first-order valence-electron chi connectivity index (χ1n) is 14.7. The number of esters is 1. The Morgan fingerprint density at radius 1 is 1.15 bits per heavy atom. The molecule has 3 aliphatic rings. The summed E-state index contributed by atoms with van der Waals surface area (Å²) in [5.41, 5.74) is 1.73. The molecule has 40 heavy (non-hydrogen) atoms. The van der Waals surface area contributed by atoms with Gasteiger partial charge in [0.15, 0.2) is 6.10 Å². The highest BCUT2D eigenvalue weighted by Gasteiger charge is 2.55. The maximum absolute atomic E-state index is 13.4. The van der Waals surface area contributed by atoms with Gasteiger partial charge in [-0.05, 0) is 55.9 Å². The van der Waals surface area contributed by atoms with Gasteiger partial charge in [0.1, 0.15) is 12.2 Å². The number of hydrogen-bond acceptors (Lipinski definition) is 6. The molecule has 0 spiro atoms. The number of allylic oxidation sites excluding steroid dienone is 3. The smallest absolute Gasteiger partial charge is 0.407 e. The number of carbonyl (C=O) groups excluding carboxylic acids is 2. The number of aliphatic hydroxyl groups is 1. The van der Waals surface area contributed by atoms with Crippen LogP contribution >= 0.6 is 0 Å². The normalized spacial score (nSPS) is 40.0. The number of fused-ring (bicyclic) bond motifs is 3. The van der Waals surface area contributed by atoms with E-state index in [-0.39, 0.29) is 35.0 Å². The SMILES string of the molecule is CO[C@H]1C[C@H]2C=C[C@@H]3[C@@H]([C@H](O)[C@@H](C)C[C@@H]3C)[C@]2(C)/C(C)=C/[C@@H](C)[C@@H]([C@@H](C)OC(=O)NCc2ccccc2)OC1=O. The molecule has 0 bridgehead atoms. The van der Waals surface area contributed by atoms with Gasteiger partial charge in [0.05, 0.1) is 6.10 Å². The number of aliphatic hydroxyl groups excluding tert-OH is 1. The predicted molar refractivity (Wildman–Crippen MR) is 154 cm³/mol. The van der Waals surface area contributed by atoms with Crippen LogP contribution in [0.2, 0.25) is 0 Å². The molecule has 7 heteroatoms. The standard InChI is InChI=1S/C33H47NO6/c1-19-15-20(2)29(35)28-26(19)14-13-25-17-27(38-7)31(36)40-30(21(3)16-22(4)33(25,28)6)23(5)39-32(37)34-18-24-11-9-8-10-12-24/h8-14,16,19-21,23,25-30,35H,15,17-18H2,1-7H3,(H,34,37)/b22-16+/t19-,20-,21+,23+,25+,26-,27-,28-,29+,30-,33+/m0/s1. The van der Waals surface area contributed by atoms with Gasteiger partial charge in [-0.15, -0.1) is 0 Å². The first kappa shape index (κ1) is 30.3. The molecule has 1 fully saturated rings. The molecule has 220 valence electrons. The number of carbonyl (C=O) groups is 2. The quantitative estimate of drug-likeness (QED) is 0.360. The maximum Gasteiger partial charge on any atom is 0.407 e. The van der Waals surface area contributed by atoms with Crippen molar-refractivity contribution in [3.8, 4) is 0 Å². The van der Waals surface area contributed by atoms with Crippen LogP contribution in [-0.4, -0.2) is 48.7 Å². The molecular weight excluding hydrogens is 506 g/mol. The second kappa shape index (κ2) is 12.5. The Balaban J connectivity index is 1.62. The van der Waals surface area contributed by atoms with Crippen LogP contribution in [0.1, 0.15) is 59.9 Å². The summed E-state index contributed by atoms with van der Waals surface area (Å²) in [6.07, 6.45) is 4.91. The number of methoxy groups -OCH3 is 1. The zero-order chi connectivity index (χ0) is 29.2. The Hall–Kier alpha value is -2.64. The van der Waals surface area contributed by atoms with Gasteiger partial charge in [-0.1, -0.05) is 81.8 Å². The molecular formula is C33H47NO6. The molecule has 0 aromatic heterocycles. The van der Waals surface area contributed by atoms with Gasteiger partial charge < -0.3 is 24.6 Å². The molecule has 1 aromatic carbocycles. The van der Waals surface area contributed by atoms with Crippen LogP contribution in [0.25, 0.3) is 0 Å². The average Bonchev–Trinajstić information content (AvgIpc) is 2.92. The lowest BCUT2D eigenvalue weighted by atomic mass is 9.49. The Morgan fingerprint density at radius 2 is 1.85 bits per heavy atom. The molecule has 1 aliphatic heterocycles. The molecule has 0 radical (unpaired) electrons. The average molecular weight is 554 g/mol. The highest BCUT2D eigenvalue weighted by molar-refractivity contribution is 5.75. The van der Waals surface area contributed by atoms with Crippen LogP contribution in [-0.2, 0) is 25.5 Å². The van der Waals surface area contributed by atoms with Gasteiger partial charge in [0.25, 0.3) is 0 Å². The van der Waals surface area contributed by atoms with E-state index in [0.29, 0.717) is 18.9 Å². The zero-order valence-electron chi connectivity index (χ0n) is 25.0. The van der Waals surface area contributed by atoms with Gasteiger partial charge in [0, 0.05) is 30.9 Å². The van der Waals surface area contributed by atoms with Crippen molar-refractivity contribution in [1.29, 1.82) is 0 Å². The van der Waals surface area contributed by atoms with E-state index < -0.39 is 36.5 Å². The summed E-state index contributed by atoms with van der Waals surface area (Å²) in [4.78, 5) is 26.1. The number of ether oxygens (including phenoxy) is 3. The molecule has 11 atom stereocenters. The minimum atomic E-state index is -0.777. The van der Waals surface area contributed by atoms with Gasteiger partial charge in [-0.25, -0.2) is 9.59 Å². The molecule has 1 saturated carbocycles. The summed E-state index contributed by atoms with van der Waals surface area (Å²) in [6.45, 7) is 12.9. The number of amides is 1. The van der Waals surface area contributed by atoms with Crippen LogP contribution in [0.5, 0.6) is 0 Å². The van der Waals surface area contributed by atoms with Gasteiger partial charge in [0.2, 0.25) is 0 Å². The van der Waals surface area contributed by atoms with Gasteiger partial charge in [-0.3, -0.25) is 0 Å². The Bertz CT molecular complexity index is 1100. The number of benzene rings is 1. The van der Waals surface area contributed by atoms with E-state index in [0.717, 1.165) is 17.6 Å². The van der Waals surface area contributed by atoms with E-state index in [1.165, 1.54) is 7.11 Å². The van der Waals surface area contributed by atoms with E-state index >= 15 is 0 Å². The van der Waals surface area contributed by atoms with Crippen molar-refractivity contribution in [3.05, 3.63) is 59.7 Å². The second-order valence-electron chi connectivity index (χ2n) is 12.6. The fourth-order valence-electron chi connectivity index (χ4n) is 7.55. The lowest BCUT2D eigenvalue weighted by molar-refractivity contribution is -0.171. The third kappa shape index (κ3) is 6.01. The van der Waals surface area contributed by atoms with Crippen LogP contribution < -0.4 is 5.32 Å². The third-order valence-corrected chi connectivity index (χ3v) is 9.98. The molecule has 7 nitrogen and oxygen atoms in total. The second-order valence-corrected chi connectivity index (χ2v) is 12.6. The number of alkyl carbamates (subject to hydrolysis) is 1. The largest absolute Gasteiger partial charge is 0.456 e. The maximum atomic E-state index is 13.4. The van der Waals surface area contributed by atoms with E-state index in [1.807, 2.05) is 37.3 Å². The van der Waals surface area contributed by atoms with Crippen LogP contribution in [0.15, 0.2) is 54.1 Å². The number of nitrogens with one attached hydrogen (secondary N) is 1. The monoisotopic (exact) mass is 553 g/mol. The number of hydrogen-bond donors (Lipinski definition) is 2. The summed E-state index contributed by atoms with van der Waals surface area (Å²) in [5.74, 6) is 0.222. The van der Waals surface area contributed by atoms with E-state index in [4.69, 9.17) is 14.2 Å². The molecule has 2 aliphatic carbocycles. The molecule has 1 aromatic rings. The first-order chi connectivity index (χ1) is 19.0. The third-order valence-electron chi connectivity index (χ3n) is 9.98. The van der Waals surface area contributed by atoms with Crippen molar-refractivity contribution in [2.45, 2.75) is 85.3 Å². The molecule has 2 N–H and O–H groups in total. The predicted octanol–water partition coefficient (Wildman–Crippen LogP) is 5.68. The number of rotatable bonds is 5. The fourth-order valence-corrected chi connectivity index (χ4v) is 7.55. The Kier molecular flexibility index (Phi) is 9.46. The van der Waals surface area contributed by atoms with E-state index in [2.05, 4.69) is 51.2 Å². The lowest BCUT2D eigenvalue weighted by Gasteiger charge is -2.57. The first-order valence-corrected chi connectivity index (χ1v) is 14.7. The summed E-state index contributed by atoms with van der Waals surface area (Å²) < 4.78 is 17.4. The lowest BCUT2D eigenvalue weighted by Crippen LogP contribution is -2.55. The van der Waals surface area contributed by atoms with E-state index in [1.54, 1.807) is 6.92 Å². The van der Waals surface area contributed by atoms with Crippen molar-refractivity contribution in [1.82, 2.24) is 5.32 Å². The van der Waals surface area contributed by atoms with Gasteiger partial charge >= 0.3 is 12.1 Å². The summed E-state index contributed by atoms with van der Waals surface area (Å²) >= 11 is 0. The molecule has 1 heterocycles. The molecule has 1 amide bonds. The number of cyclic esters (lactones) is 1. The van der Waals surface area contributed by atoms with Crippen molar-refractivity contribution in [2.24, 2.45) is 40.9 Å². The molecule has 0 unspecified atom stereocenters. The fraction of sp³-hybridized carbons (Fsp3) is 0.636. The zero-order valence-corrected chi connectivity index (χ0v) is 25.0. The van der Waals surface area contributed by atoms with Crippen LogP contribution in [0, 0.1) is 40.9 Å². The highest BCUT2D eigenvalue weighted by Crippen LogP contribution is 2.58. The molecule has 4 rings (SSSR count). The minimum Gasteiger partial charge on any atom is -0.456 e. The van der Waals surface area contributed by atoms with Crippen LogP contribution in [0.3, 0.4) is 0 Å².